The maximum absolute atomic E-state index is 11.7. The lowest BCUT2D eigenvalue weighted by Crippen LogP contribution is -2.49. The number of carbonyl (C=O) groups excluding carboxylic acids is 2. The molecule has 0 aromatic carbocycles. The zero-order chi connectivity index (χ0) is 10.2. The minimum absolute atomic E-state index is 0.0255. The third kappa shape index (κ3) is 1.38. The first kappa shape index (κ1) is 9.80. The van der Waals surface area contributed by atoms with Gasteiger partial charge in [0, 0.05) is 6.61 Å². The topological polar surface area (TPSA) is 52.6 Å². The molecular formula is C10H14O4. The van der Waals surface area contributed by atoms with Crippen LogP contribution >= 0.6 is 0 Å². The van der Waals surface area contributed by atoms with Gasteiger partial charge < -0.3 is 9.47 Å². The summed E-state index contributed by atoms with van der Waals surface area (Å²) in [7, 11) is 0. The number of ketones is 2. The van der Waals surface area contributed by atoms with Crippen LogP contribution in [-0.4, -0.2) is 36.5 Å². The van der Waals surface area contributed by atoms with Crippen molar-refractivity contribution in [1.82, 2.24) is 0 Å². The van der Waals surface area contributed by atoms with Crippen molar-refractivity contribution in [2.24, 2.45) is 0 Å². The predicted octanol–water partition coefficient (Wildman–Crippen LogP) is 0.483. The summed E-state index contributed by atoms with van der Waals surface area (Å²) in [6.45, 7) is 2.74. The number of rotatable bonds is 3. The average molecular weight is 198 g/mol. The van der Waals surface area contributed by atoms with Crippen LogP contribution in [0.3, 0.4) is 0 Å². The Bertz CT molecular complexity index is 273. The van der Waals surface area contributed by atoms with E-state index in [2.05, 4.69) is 0 Å². The third-order valence-corrected chi connectivity index (χ3v) is 2.92. The van der Waals surface area contributed by atoms with Crippen molar-refractivity contribution in [1.29, 1.82) is 0 Å². The molecule has 14 heavy (non-hydrogen) atoms. The summed E-state index contributed by atoms with van der Waals surface area (Å²) in [5, 5.41) is 0. The van der Waals surface area contributed by atoms with Gasteiger partial charge in [-0.3, -0.25) is 9.59 Å². The Morgan fingerprint density at radius 2 is 2.36 bits per heavy atom. The van der Waals surface area contributed by atoms with Crippen LogP contribution in [0.5, 0.6) is 0 Å². The first-order chi connectivity index (χ1) is 6.68. The molecule has 4 heteroatoms. The molecule has 0 aromatic rings. The molecule has 0 aromatic heterocycles. The normalized spacial score (nSPS) is 36.5. The maximum Gasteiger partial charge on any atom is 0.174 e. The van der Waals surface area contributed by atoms with Crippen LogP contribution in [0.15, 0.2) is 0 Å². The van der Waals surface area contributed by atoms with Crippen LogP contribution in [0.25, 0.3) is 0 Å². The van der Waals surface area contributed by atoms with Crippen LogP contribution in [-0.2, 0) is 19.1 Å². The smallest absolute Gasteiger partial charge is 0.174 e. The molecule has 4 nitrogen and oxygen atoms in total. The molecule has 2 heterocycles. The van der Waals surface area contributed by atoms with Gasteiger partial charge in [0.15, 0.2) is 17.2 Å². The van der Waals surface area contributed by atoms with Crippen molar-refractivity contribution in [2.45, 2.75) is 37.9 Å². The molecule has 0 spiro atoms. The summed E-state index contributed by atoms with van der Waals surface area (Å²) >= 11 is 0. The molecule has 2 bridgehead atoms. The van der Waals surface area contributed by atoms with Gasteiger partial charge >= 0.3 is 0 Å². The van der Waals surface area contributed by atoms with Gasteiger partial charge in [-0.2, -0.15) is 0 Å². The molecule has 78 valence electrons. The van der Waals surface area contributed by atoms with Gasteiger partial charge in [0.2, 0.25) is 0 Å². The highest BCUT2D eigenvalue weighted by Gasteiger charge is 2.53. The van der Waals surface area contributed by atoms with Crippen molar-refractivity contribution < 1.29 is 19.1 Å². The lowest BCUT2D eigenvalue weighted by atomic mass is 9.94. The van der Waals surface area contributed by atoms with E-state index >= 15 is 0 Å². The van der Waals surface area contributed by atoms with E-state index in [1.54, 1.807) is 0 Å². The molecule has 2 saturated heterocycles. The lowest BCUT2D eigenvalue weighted by molar-refractivity contribution is -0.167. The van der Waals surface area contributed by atoms with E-state index in [-0.39, 0.29) is 24.1 Å². The minimum Gasteiger partial charge on any atom is -0.378 e. The second-order valence-electron chi connectivity index (χ2n) is 3.84. The van der Waals surface area contributed by atoms with Crippen LogP contribution in [0.2, 0.25) is 0 Å². The molecule has 2 aliphatic heterocycles. The Morgan fingerprint density at radius 3 is 3.07 bits per heavy atom. The molecule has 0 radical (unpaired) electrons. The van der Waals surface area contributed by atoms with Gasteiger partial charge in [0.25, 0.3) is 0 Å². The van der Waals surface area contributed by atoms with Gasteiger partial charge in [0.05, 0.1) is 13.0 Å². The Labute approximate surface area is 82.6 Å². The van der Waals surface area contributed by atoms with Gasteiger partial charge in [-0.05, 0) is 19.8 Å². The van der Waals surface area contributed by atoms with E-state index < -0.39 is 5.60 Å². The lowest BCUT2D eigenvalue weighted by Gasteiger charge is -2.30. The van der Waals surface area contributed by atoms with E-state index in [1.165, 1.54) is 0 Å². The summed E-state index contributed by atoms with van der Waals surface area (Å²) in [4.78, 5) is 23.0. The SMILES string of the molecule is CCOC[C@]12CC[C@@H](O1)C(=O)CC2=O. The van der Waals surface area contributed by atoms with Gasteiger partial charge in [0.1, 0.15) is 6.10 Å². The largest absolute Gasteiger partial charge is 0.378 e. The van der Waals surface area contributed by atoms with Crippen molar-refractivity contribution in [3.8, 4) is 0 Å². The predicted molar refractivity (Wildman–Crippen MR) is 48.0 cm³/mol. The number of Topliss-reactive ketones (excluding diaryl/α,β-unsaturated/α-hetero) is 2. The highest BCUT2D eigenvalue weighted by Crippen LogP contribution is 2.37. The summed E-state index contributed by atoms with van der Waals surface area (Å²) in [6, 6.07) is 0. The summed E-state index contributed by atoms with van der Waals surface area (Å²) in [5.74, 6) is -0.177. The second-order valence-corrected chi connectivity index (χ2v) is 3.84. The van der Waals surface area contributed by atoms with Crippen molar-refractivity contribution in [3.05, 3.63) is 0 Å². The van der Waals surface area contributed by atoms with Crippen LogP contribution in [0, 0.1) is 0 Å². The van der Waals surface area contributed by atoms with E-state index in [0.29, 0.717) is 26.1 Å². The maximum atomic E-state index is 11.7. The minimum atomic E-state index is -0.797. The zero-order valence-corrected chi connectivity index (χ0v) is 8.25. The van der Waals surface area contributed by atoms with E-state index in [9.17, 15) is 9.59 Å². The first-order valence-electron chi connectivity index (χ1n) is 4.99. The van der Waals surface area contributed by atoms with Crippen LogP contribution in [0.4, 0.5) is 0 Å². The Morgan fingerprint density at radius 1 is 1.57 bits per heavy atom. The van der Waals surface area contributed by atoms with Gasteiger partial charge in [-0.25, -0.2) is 0 Å². The van der Waals surface area contributed by atoms with Crippen LogP contribution < -0.4 is 0 Å². The number of carbonyl (C=O) groups is 2. The second kappa shape index (κ2) is 3.44. The van der Waals surface area contributed by atoms with Crippen molar-refractivity contribution in [2.75, 3.05) is 13.2 Å². The fourth-order valence-electron chi connectivity index (χ4n) is 2.07. The molecule has 2 aliphatic rings. The molecule has 2 fully saturated rings. The molecule has 0 unspecified atom stereocenters. The zero-order valence-electron chi connectivity index (χ0n) is 8.25. The Hall–Kier alpha value is -0.740. The van der Waals surface area contributed by atoms with Gasteiger partial charge in [-0.15, -0.1) is 0 Å². The number of hydrogen-bond acceptors (Lipinski definition) is 4. The number of fused-ring (bicyclic) bond motifs is 2. The van der Waals surface area contributed by atoms with Crippen LogP contribution in [0.1, 0.15) is 26.2 Å². The molecule has 2 atom stereocenters. The molecule has 0 amide bonds. The standard InChI is InChI=1S/C10H14O4/c1-2-13-6-10-4-3-8(14-10)7(11)5-9(10)12/h8H,2-6H2,1H3/t8-,10+/m1/s1. The number of ether oxygens (including phenoxy) is 2. The van der Waals surface area contributed by atoms with E-state index in [0.717, 1.165) is 0 Å². The third-order valence-electron chi connectivity index (χ3n) is 2.92. The quantitative estimate of drug-likeness (QED) is 0.619. The fourth-order valence-corrected chi connectivity index (χ4v) is 2.07. The molecule has 0 saturated carbocycles. The monoisotopic (exact) mass is 198 g/mol. The Kier molecular flexibility index (Phi) is 2.41. The van der Waals surface area contributed by atoms with Crippen molar-refractivity contribution in [3.63, 3.8) is 0 Å². The number of hydrogen-bond donors (Lipinski definition) is 0. The van der Waals surface area contributed by atoms with Crippen molar-refractivity contribution >= 4 is 11.6 Å². The highest BCUT2D eigenvalue weighted by atomic mass is 16.6. The highest BCUT2D eigenvalue weighted by molar-refractivity contribution is 6.07. The Balaban J connectivity index is 2.12. The van der Waals surface area contributed by atoms with Gasteiger partial charge in [-0.1, -0.05) is 0 Å². The summed E-state index contributed by atoms with van der Waals surface area (Å²) < 4.78 is 10.7. The first-order valence-corrected chi connectivity index (χ1v) is 4.99. The summed E-state index contributed by atoms with van der Waals surface area (Å²) in [5.41, 5.74) is -0.797. The van der Waals surface area contributed by atoms with E-state index in [1.807, 2.05) is 6.92 Å². The molecule has 2 rings (SSSR count). The molecule has 0 N–H and O–H groups in total. The fraction of sp³-hybridized carbons (Fsp3) is 0.800. The summed E-state index contributed by atoms with van der Waals surface area (Å²) in [6.07, 6.45) is 0.964. The van der Waals surface area contributed by atoms with E-state index in [4.69, 9.17) is 9.47 Å². The molecular weight excluding hydrogens is 184 g/mol. The average Bonchev–Trinajstić information content (AvgIpc) is 2.55. The molecule has 0 aliphatic carbocycles.